The van der Waals surface area contributed by atoms with Crippen molar-refractivity contribution < 1.29 is 4.79 Å². The maximum atomic E-state index is 11.9. The number of likely N-dealkylation sites (tertiary alicyclic amines) is 1. The average Bonchev–Trinajstić information content (AvgIpc) is 3.08. The summed E-state index contributed by atoms with van der Waals surface area (Å²) < 4.78 is 0. The van der Waals surface area contributed by atoms with Gasteiger partial charge in [0.1, 0.15) is 0 Å². The number of carbonyl (C=O) groups excluding carboxylic acids is 1. The number of hydrogen-bond donors (Lipinski definition) is 2. The summed E-state index contributed by atoms with van der Waals surface area (Å²) in [5, 5.41) is 6.61. The molecule has 0 aliphatic carbocycles. The molecule has 1 aliphatic rings. The molecule has 1 amide bonds. The smallest absolute Gasteiger partial charge is 0.222 e. The van der Waals surface area contributed by atoms with Crippen molar-refractivity contribution in [2.75, 3.05) is 13.6 Å². The van der Waals surface area contributed by atoms with Crippen LogP contribution in [0.5, 0.6) is 0 Å². The zero-order valence-electron chi connectivity index (χ0n) is 15.5. The van der Waals surface area contributed by atoms with E-state index in [0.717, 1.165) is 24.6 Å². The number of nitrogens with one attached hydrogen (secondary N) is 2. The molecule has 3 rings (SSSR count). The van der Waals surface area contributed by atoms with Crippen molar-refractivity contribution in [3.63, 3.8) is 0 Å². The van der Waals surface area contributed by atoms with Gasteiger partial charge in [0.05, 0.1) is 12.2 Å². The lowest BCUT2D eigenvalue weighted by molar-refractivity contribution is -0.128. The van der Waals surface area contributed by atoms with E-state index in [1.807, 2.05) is 35.2 Å². The normalized spacial score (nSPS) is 14.0. The highest BCUT2D eigenvalue weighted by Crippen LogP contribution is 2.17. The van der Waals surface area contributed by atoms with Gasteiger partial charge in [0.25, 0.3) is 0 Å². The van der Waals surface area contributed by atoms with Gasteiger partial charge < -0.3 is 15.5 Å². The summed E-state index contributed by atoms with van der Waals surface area (Å²) in [6.07, 6.45) is 3.41. The van der Waals surface area contributed by atoms with Crippen LogP contribution in [0.15, 0.2) is 53.7 Å². The number of nitrogens with zero attached hydrogens (tertiary/aromatic N) is 3. The highest BCUT2D eigenvalue weighted by molar-refractivity contribution is 14.0. The minimum atomic E-state index is 0. The molecule has 1 saturated heterocycles. The summed E-state index contributed by atoms with van der Waals surface area (Å²) in [5.74, 6) is 0.975. The van der Waals surface area contributed by atoms with Crippen LogP contribution in [-0.2, 0) is 24.4 Å². The molecule has 0 bridgehead atoms. The second-order valence-corrected chi connectivity index (χ2v) is 6.29. The Balaban J connectivity index is 0.00000261. The van der Waals surface area contributed by atoms with Gasteiger partial charge in [-0.25, -0.2) is 0 Å². The molecule has 1 aromatic heterocycles. The van der Waals surface area contributed by atoms with Crippen molar-refractivity contribution in [2.45, 2.75) is 32.5 Å². The Morgan fingerprint density at radius 1 is 1.11 bits per heavy atom. The fourth-order valence-corrected chi connectivity index (χ4v) is 3.04. The van der Waals surface area contributed by atoms with Crippen molar-refractivity contribution in [1.29, 1.82) is 0 Å². The van der Waals surface area contributed by atoms with Gasteiger partial charge in [-0.15, -0.1) is 24.0 Å². The molecule has 2 heterocycles. The van der Waals surface area contributed by atoms with Gasteiger partial charge in [-0.3, -0.25) is 14.8 Å². The Morgan fingerprint density at radius 3 is 2.52 bits per heavy atom. The van der Waals surface area contributed by atoms with Crippen molar-refractivity contribution in [2.24, 2.45) is 4.99 Å². The number of guanidine groups is 1. The highest BCUT2D eigenvalue weighted by atomic mass is 127. The van der Waals surface area contributed by atoms with Crippen LogP contribution in [0.3, 0.4) is 0 Å². The van der Waals surface area contributed by atoms with Crippen LogP contribution in [0.2, 0.25) is 0 Å². The second kappa shape index (κ2) is 10.9. The van der Waals surface area contributed by atoms with E-state index in [1.54, 1.807) is 13.2 Å². The van der Waals surface area contributed by atoms with Crippen LogP contribution in [0.25, 0.3) is 0 Å². The van der Waals surface area contributed by atoms with Crippen molar-refractivity contribution in [1.82, 2.24) is 20.5 Å². The first-order valence-corrected chi connectivity index (χ1v) is 8.95. The molecule has 27 heavy (non-hydrogen) atoms. The maximum absolute atomic E-state index is 11.9. The first-order chi connectivity index (χ1) is 12.8. The third-order valence-corrected chi connectivity index (χ3v) is 4.48. The minimum Gasteiger partial charge on any atom is -0.352 e. The number of halogens is 1. The molecule has 144 valence electrons. The lowest BCUT2D eigenvalue weighted by Gasteiger charge is -2.19. The van der Waals surface area contributed by atoms with E-state index in [4.69, 9.17) is 0 Å². The average molecular weight is 479 g/mol. The molecule has 1 fully saturated rings. The Kier molecular flexibility index (Phi) is 8.50. The topological polar surface area (TPSA) is 69.6 Å². The first kappa shape index (κ1) is 21.1. The number of carbonyl (C=O) groups is 1. The van der Waals surface area contributed by atoms with Gasteiger partial charge >= 0.3 is 0 Å². The van der Waals surface area contributed by atoms with Crippen molar-refractivity contribution >= 4 is 35.8 Å². The standard InChI is InChI=1S/C20H25N5O.HI/c1-21-20(24-14-18-9-4-5-11-22-18)23-13-16-7-2-3-8-17(16)15-25-12-6-10-19(25)26;/h2-5,7-9,11H,6,10,12-15H2,1H3,(H2,21,23,24);1H. The summed E-state index contributed by atoms with van der Waals surface area (Å²) >= 11 is 0. The van der Waals surface area contributed by atoms with Gasteiger partial charge in [-0.2, -0.15) is 0 Å². The fourth-order valence-electron chi connectivity index (χ4n) is 3.04. The fraction of sp³-hybridized carbons (Fsp3) is 0.350. The van der Waals surface area contributed by atoms with Crippen LogP contribution in [0, 0.1) is 0 Å². The van der Waals surface area contributed by atoms with Crippen LogP contribution >= 0.6 is 24.0 Å². The van der Waals surface area contributed by atoms with E-state index in [9.17, 15) is 4.79 Å². The number of pyridine rings is 1. The molecule has 6 nitrogen and oxygen atoms in total. The van der Waals surface area contributed by atoms with Crippen LogP contribution in [-0.4, -0.2) is 35.3 Å². The van der Waals surface area contributed by atoms with E-state index >= 15 is 0 Å². The van der Waals surface area contributed by atoms with E-state index in [0.29, 0.717) is 26.1 Å². The molecule has 7 heteroatoms. The minimum absolute atomic E-state index is 0. The Morgan fingerprint density at radius 2 is 1.85 bits per heavy atom. The molecule has 2 aromatic rings. The maximum Gasteiger partial charge on any atom is 0.222 e. The zero-order valence-corrected chi connectivity index (χ0v) is 17.8. The molecule has 0 unspecified atom stereocenters. The van der Waals surface area contributed by atoms with E-state index in [2.05, 4.69) is 32.7 Å². The van der Waals surface area contributed by atoms with Crippen LogP contribution in [0.1, 0.15) is 29.7 Å². The Labute approximate surface area is 177 Å². The summed E-state index contributed by atoms with van der Waals surface area (Å²) in [6.45, 7) is 2.80. The molecule has 0 saturated carbocycles. The summed E-state index contributed by atoms with van der Waals surface area (Å²) in [4.78, 5) is 22.4. The van der Waals surface area contributed by atoms with Gasteiger partial charge in [0, 0.05) is 39.3 Å². The molecule has 1 aromatic carbocycles. The van der Waals surface area contributed by atoms with E-state index < -0.39 is 0 Å². The predicted molar refractivity (Wildman–Crippen MR) is 118 cm³/mol. The number of aliphatic imine (C=N–C) groups is 1. The van der Waals surface area contributed by atoms with Crippen LogP contribution < -0.4 is 10.6 Å². The van der Waals surface area contributed by atoms with Crippen LogP contribution in [0.4, 0.5) is 0 Å². The lowest BCUT2D eigenvalue weighted by Crippen LogP contribution is -2.36. The van der Waals surface area contributed by atoms with Crippen molar-refractivity contribution in [3.05, 3.63) is 65.5 Å². The van der Waals surface area contributed by atoms with Gasteiger partial charge in [0.2, 0.25) is 5.91 Å². The highest BCUT2D eigenvalue weighted by Gasteiger charge is 2.20. The van der Waals surface area contributed by atoms with Gasteiger partial charge in [-0.1, -0.05) is 30.3 Å². The first-order valence-electron chi connectivity index (χ1n) is 8.95. The number of benzene rings is 1. The third-order valence-electron chi connectivity index (χ3n) is 4.48. The quantitative estimate of drug-likeness (QED) is 0.380. The molecule has 2 N–H and O–H groups in total. The summed E-state index contributed by atoms with van der Waals surface area (Å²) in [7, 11) is 1.75. The van der Waals surface area contributed by atoms with E-state index in [-0.39, 0.29) is 29.9 Å². The van der Waals surface area contributed by atoms with Gasteiger partial charge in [0.15, 0.2) is 5.96 Å². The number of aromatic nitrogens is 1. The monoisotopic (exact) mass is 479 g/mol. The van der Waals surface area contributed by atoms with Crippen molar-refractivity contribution in [3.8, 4) is 0 Å². The zero-order chi connectivity index (χ0) is 18.2. The SMILES string of the molecule is CN=C(NCc1ccccn1)NCc1ccccc1CN1CCCC1=O.I. The van der Waals surface area contributed by atoms with Gasteiger partial charge in [-0.05, 0) is 29.7 Å². The molecule has 0 spiro atoms. The Hall–Kier alpha value is -2.16. The third kappa shape index (κ3) is 6.20. The molecule has 0 atom stereocenters. The number of rotatable bonds is 6. The summed E-state index contributed by atoms with van der Waals surface area (Å²) in [5.41, 5.74) is 3.31. The molecular formula is C20H26IN5O. The largest absolute Gasteiger partial charge is 0.352 e. The predicted octanol–water partition coefficient (Wildman–Crippen LogP) is 2.69. The second-order valence-electron chi connectivity index (χ2n) is 6.29. The lowest BCUT2D eigenvalue weighted by atomic mass is 10.1. The molecule has 1 aliphatic heterocycles. The Bertz CT molecular complexity index is 766. The molecular weight excluding hydrogens is 453 g/mol. The number of hydrogen-bond acceptors (Lipinski definition) is 3. The van der Waals surface area contributed by atoms with E-state index in [1.165, 1.54) is 11.1 Å². The molecule has 0 radical (unpaired) electrons. The number of amides is 1. The summed E-state index contributed by atoms with van der Waals surface area (Å²) in [6, 6.07) is 14.1.